The fraction of sp³-hybridized carbons (Fsp3) is 0.444. The monoisotopic (exact) mass is 474 g/mol. The van der Waals surface area contributed by atoms with E-state index in [1.54, 1.807) is 18.4 Å². The second kappa shape index (κ2) is 12.1. The zero-order valence-electron chi connectivity index (χ0n) is 15.0. The number of hydrogen-bond acceptors (Lipinski definition) is 4. The number of aromatic nitrogens is 1. The van der Waals surface area contributed by atoms with E-state index in [-0.39, 0.29) is 24.0 Å². The number of nitrogens with zero attached hydrogens (tertiary/aromatic N) is 2. The summed E-state index contributed by atoms with van der Waals surface area (Å²) in [5.74, 6) is 1.74. The van der Waals surface area contributed by atoms with Gasteiger partial charge in [0.2, 0.25) is 0 Å². The second-order valence-corrected chi connectivity index (χ2v) is 6.21. The average Bonchev–Trinajstić information content (AvgIpc) is 3.08. The lowest BCUT2D eigenvalue weighted by atomic mass is 10.1. The van der Waals surface area contributed by atoms with Gasteiger partial charge in [-0.3, -0.25) is 0 Å². The molecule has 2 aromatic rings. The highest BCUT2D eigenvalue weighted by molar-refractivity contribution is 14.0. The number of ether oxygens (including phenoxy) is 1. The summed E-state index contributed by atoms with van der Waals surface area (Å²) in [4.78, 5) is 9.16. The Hall–Kier alpha value is -1.35. The fourth-order valence-corrected chi connectivity index (χ4v) is 3.05. The molecule has 0 spiro atoms. The maximum atomic E-state index is 5.39. The van der Waals surface area contributed by atoms with Crippen molar-refractivity contribution in [3.05, 3.63) is 45.9 Å². The molecule has 0 saturated carbocycles. The maximum Gasteiger partial charge on any atom is 0.191 e. The lowest BCUT2D eigenvalue weighted by Gasteiger charge is -2.12. The summed E-state index contributed by atoms with van der Waals surface area (Å²) in [6.07, 6.45) is 1.86. The number of hydrogen-bond donors (Lipinski definition) is 2. The van der Waals surface area contributed by atoms with Crippen molar-refractivity contribution >= 4 is 41.3 Å². The molecule has 1 heterocycles. The molecule has 0 atom stereocenters. The summed E-state index contributed by atoms with van der Waals surface area (Å²) in [5, 5.41) is 9.89. The van der Waals surface area contributed by atoms with Crippen molar-refractivity contribution in [1.29, 1.82) is 0 Å². The molecule has 0 saturated heterocycles. The Morgan fingerprint density at radius 2 is 2.04 bits per heavy atom. The molecule has 7 heteroatoms. The first-order valence-electron chi connectivity index (χ1n) is 8.34. The smallest absolute Gasteiger partial charge is 0.191 e. The molecule has 0 radical (unpaired) electrons. The van der Waals surface area contributed by atoms with Gasteiger partial charge in [-0.1, -0.05) is 25.1 Å². The first kappa shape index (κ1) is 21.7. The number of benzene rings is 1. The predicted molar refractivity (Wildman–Crippen MR) is 116 cm³/mol. The molecule has 0 bridgehead atoms. The highest BCUT2D eigenvalue weighted by atomic mass is 127. The summed E-state index contributed by atoms with van der Waals surface area (Å²) < 4.78 is 5.39. The number of nitrogens with one attached hydrogen (secondary N) is 2. The topological polar surface area (TPSA) is 58.5 Å². The Kier molecular flexibility index (Phi) is 10.5. The number of aliphatic imine (C=N–C) groups is 1. The number of rotatable bonds is 8. The standard InChI is InChI=1S/C18H26N4OS.HI/c1-4-17-22-15(13-24-17)12-21-18(19-5-2)20-11-10-14-8-6-7-9-16(14)23-3;/h6-9,13H,4-5,10-12H2,1-3H3,(H2,19,20,21);1H. The molecule has 138 valence electrons. The average molecular weight is 474 g/mol. The number of guanidine groups is 1. The zero-order valence-corrected chi connectivity index (χ0v) is 18.2. The van der Waals surface area contributed by atoms with Crippen LogP contribution in [0.4, 0.5) is 0 Å². The van der Waals surface area contributed by atoms with E-state index >= 15 is 0 Å². The van der Waals surface area contributed by atoms with Gasteiger partial charge in [0.1, 0.15) is 5.75 Å². The summed E-state index contributed by atoms with van der Waals surface area (Å²) in [6.45, 7) is 6.41. The Balaban J connectivity index is 0.00000312. The lowest BCUT2D eigenvalue weighted by Crippen LogP contribution is -2.38. The molecule has 1 aromatic carbocycles. The molecule has 5 nitrogen and oxygen atoms in total. The van der Waals surface area contributed by atoms with Gasteiger partial charge in [-0.2, -0.15) is 0 Å². The van der Waals surface area contributed by atoms with Crippen molar-refractivity contribution in [2.45, 2.75) is 33.2 Å². The van der Waals surface area contributed by atoms with E-state index in [4.69, 9.17) is 4.74 Å². The van der Waals surface area contributed by atoms with Crippen LogP contribution in [0, 0.1) is 0 Å². The van der Waals surface area contributed by atoms with Crippen LogP contribution in [0.15, 0.2) is 34.6 Å². The van der Waals surface area contributed by atoms with Gasteiger partial charge in [0.05, 0.1) is 24.4 Å². The minimum Gasteiger partial charge on any atom is -0.496 e. The van der Waals surface area contributed by atoms with Crippen LogP contribution in [0.1, 0.15) is 30.1 Å². The van der Waals surface area contributed by atoms with Gasteiger partial charge in [-0.25, -0.2) is 9.98 Å². The summed E-state index contributed by atoms with van der Waals surface area (Å²) in [7, 11) is 1.70. The second-order valence-electron chi connectivity index (χ2n) is 5.27. The number of aryl methyl sites for hydroxylation is 1. The molecule has 0 amide bonds. The van der Waals surface area contributed by atoms with Gasteiger partial charge in [0.15, 0.2) is 5.96 Å². The van der Waals surface area contributed by atoms with Crippen molar-refractivity contribution in [3.63, 3.8) is 0 Å². The van der Waals surface area contributed by atoms with E-state index in [0.29, 0.717) is 6.54 Å². The summed E-state index contributed by atoms with van der Waals surface area (Å²) in [5.41, 5.74) is 2.22. The zero-order chi connectivity index (χ0) is 17.2. The highest BCUT2D eigenvalue weighted by Crippen LogP contribution is 2.17. The number of halogens is 1. The van der Waals surface area contributed by atoms with Gasteiger partial charge in [0, 0.05) is 18.5 Å². The van der Waals surface area contributed by atoms with E-state index in [1.807, 2.05) is 18.2 Å². The van der Waals surface area contributed by atoms with Gasteiger partial charge in [0.25, 0.3) is 0 Å². The minimum atomic E-state index is 0. The molecule has 0 aliphatic carbocycles. The van der Waals surface area contributed by atoms with Crippen LogP contribution in [0.2, 0.25) is 0 Å². The molecule has 1 aromatic heterocycles. The van der Waals surface area contributed by atoms with Gasteiger partial charge in [-0.05, 0) is 31.4 Å². The first-order chi connectivity index (χ1) is 11.8. The Morgan fingerprint density at radius 3 is 2.72 bits per heavy atom. The molecule has 0 unspecified atom stereocenters. The van der Waals surface area contributed by atoms with Crippen molar-refractivity contribution in [3.8, 4) is 5.75 Å². The molecule has 0 aliphatic rings. The minimum absolute atomic E-state index is 0. The summed E-state index contributed by atoms with van der Waals surface area (Å²) in [6, 6.07) is 8.10. The number of thiazole rings is 1. The Labute approximate surface area is 171 Å². The third-order valence-electron chi connectivity index (χ3n) is 3.52. The van der Waals surface area contributed by atoms with Crippen molar-refractivity contribution < 1.29 is 4.74 Å². The SMILES string of the molecule is CCNC(=NCc1csc(CC)n1)NCCc1ccccc1OC.I. The van der Waals surface area contributed by atoms with Gasteiger partial charge >= 0.3 is 0 Å². The fourth-order valence-electron chi connectivity index (χ4n) is 2.31. The largest absolute Gasteiger partial charge is 0.496 e. The van der Waals surface area contributed by atoms with Crippen LogP contribution in [-0.2, 0) is 19.4 Å². The molecule has 2 N–H and O–H groups in total. The van der Waals surface area contributed by atoms with Crippen LogP contribution in [0.3, 0.4) is 0 Å². The van der Waals surface area contributed by atoms with E-state index in [1.165, 1.54) is 5.56 Å². The third-order valence-corrected chi connectivity index (χ3v) is 4.57. The highest BCUT2D eigenvalue weighted by Gasteiger charge is 2.04. The molecule has 25 heavy (non-hydrogen) atoms. The third kappa shape index (κ3) is 7.19. The van der Waals surface area contributed by atoms with Crippen molar-refractivity contribution in [2.24, 2.45) is 4.99 Å². The van der Waals surface area contributed by atoms with Crippen molar-refractivity contribution in [1.82, 2.24) is 15.6 Å². The lowest BCUT2D eigenvalue weighted by molar-refractivity contribution is 0.409. The molecule has 0 fully saturated rings. The molecule has 0 aliphatic heterocycles. The normalized spacial score (nSPS) is 10.9. The number of para-hydroxylation sites is 1. The van der Waals surface area contributed by atoms with Crippen LogP contribution in [0.5, 0.6) is 5.75 Å². The first-order valence-corrected chi connectivity index (χ1v) is 9.22. The number of methoxy groups -OCH3 is 1. The maximum absolute atomic E-state index is 5.39. The summed E-state index contributed by atoms with van der Waals surface area (Å²) >= 11 is 1.70. The van der Waals surface area contributed by atoms with Crippen LogP contribution in [-0.4, -0.2) is 31.1 Å². The van der Waals surface area contributed by atoms with E-state index in [9.17, 15) is 0 Å². The van der Waals surface area contributed by atoms with Gasteiger partial charge in [-0.15, -0.1) is 35.3 Å². The van der Waals surface area contributed by atoms with Crippen LogP contribution < -0.4 is 15.4 Å². The molecule has 2 rings (SSSR count). The molecular formula is C18H27IN4OS. The Bertz CT molecular complexity index is 660. The van der Waals surface area contributed by atoms with E-state index in [2.05, 4.69) is 45.9 Å². The quantitative estimate of drug-likeness (QED) is 0.349. The van der Waals surface area contributed by atoms with Crippen molar-refractivity contribution in [2.75, 3.05) is 20.2 Å². The molecular weight excluding hydrogens is 447 g/mol. The Morgan fingerprint density at radius 1 is 1.24 bits per heavy atom. The van der Waals surface area contributed by atoms with Crippen LogP contribution >= 0.6 is 35.3 Å². The van der Waals surface area contributed by atoms with Crippen LogP contribution in [0.25, 0.3) is 0 Å². The van der Waals surface area contributed by atoms with E-state index < -0.39 is 0 Å². The van der Waals surface area contributed by atoms with E-state index in [0.717, 1.165) is 48.3 Å². The van der Waals surface area contributed by atoms with Gasteiger partial charge < -0.3 is 15.4 Å². The predicted octanol–water partition coefficient (Wildman–Crippen LogP) is 3.63.